The van der Waals surface area contributed by atoms with E-state index >= 15 is 0 Å². The molecule has 0 aliphatic heterocycles. The van der Waals surface area contributed by atoms with Gasteiger partial charge in [-0.25, -0.2) is 0 Å². The zero-order valence-corrected chi connectivity index (χ0v) is 10.9. The molecule has 1 fully saturated rings. The number of carbonyl (C=O) groups is 3. The van der Waals surface area contributed by atoms with Crippen LogP contribution in [0.1, 0.15) is 39.0 Å². The van der Waals surface area contributed by atoms with Gasteiger partial charge in [-0.2, -0.15) is 0 Å². The van der Waals surface area contributed by atoms with Crippen molar-refractivity contribution in [3.8, 4) is 0 Å². The largest absolute Gasteiger partial charge is 0.345 e. The summed E-state index contributed by atoms with van der Waals surface area (Å²) in [6.07, 6.45) is 6.32. The minimum absolute atomic E-state index is 0.0120. The number of amides is 1. The second kappa shape index (κ2) is 7.97. The Balaban J connectivity index is 2.30. The third kappa shape index (κ3) is 5.40. The van der Waals surface area contributed by atoms with Gasteiger partial charge in [0.1, 0.15) is 12.1 Å². The van der Waals surface area contributed by atoms with E-state index in [-0.39, 0.29) is 36.7 Å². The minimum Gasteiger partial charge on any atom is -0.345 e. The van der Waals surface area contributed by atoms with Crippen LogP contribution in [0.4, 0.5) is 0 Å². The van der Waals surface area contributed by atoms with E-state index < -0.39 is 0 Å². The number of Topliss-reactive ketones (excluding diaryl/α,β-unsaturated/α-hetero) is 1. The first kappa shape index (κ1) is 14.8. The summed E-state index contributed by atoms with van der Waals surface area (Å²) in [7, 11) is 0. The Labute approximate surface area is 108 Å². The fraction of sp³-hybridized carbons (Fsp3) is 0.769. The fourth-order valence-electron chi connectivity index (χ4n) is 2.35. The lowest BCUT2D eigenvalue weighted by atomic mass is 9.84. The molecule has 5 nitrogen and oxygen atoms in total. The molecule has 0 saturated heterocycles. The van der Waals surface area contributed by atoms with Crippen LogP contribution in [-0.4, -0.2) is 37.1 Å². The quantitative estimate of drug-likeness (QED) is 0.646. The molecule has 0 aromatic carbocycles. The van der Waals surface area contributed by atoms with E-state index in [1.165, 1.54) is 13.3 Å². The Bertz CT molecular complexity index is 299. The van der Waals surface area contributed by atoms with Gasteiger partial charge >= 0.3 is 0 Å². The second-order valence-electron chi connectivity index (χ2n) is 4.93. The Hall–Kier alpha value is -1.23. The lowest BCUT2D eigenvalue weighted by Gasteiger charge is -2.27. The van der Waals surface area contributed by atoms with Crippen molar-refractivity contribution < 1.29 is 14.4 Å². The molecule has 0 heterocycles. The van der Waals surface area contributed by atoms with Crippen LogP contribution in [0.5, 0.6) is 0 Å². The summed E-state index contributed by atoms with van der Waals surface area (Å²) in [5, 5.41) is 5.47. The molecule has 0 aromatic heterocycles. The number of aldehydes is 1. The Morgan fingerprint density at radius 1 is 1.22 bits per heavy atom. The van der Waals surface area contributed by atoms with Gasteiger partial charge in [-0.1, -0.05) is 19.3 Å². The van der Waals surface area contributed by atoms with Crippen LogP contribution in [0.15, 0.2) is 0 Å². The standard InChI is InChI=1S/C13H22N2O3/c1-10(17)7-14-8-13(18)15-12(9-16)11-5-3-2-4-6-11/h9,11-12,14H,2-8H2,1H3,(H,15,18)/t12-/m1/s1. The average Bonchev–Trinajstić information content (AvgIpc) is 2.36. The molecule has 0 unspecified atom stereocenters. The van der Waals surface area contributed by atoms with Gasteiger partial charge in [0.2, 0.25) is 5.91 Å². The van der Waals surface area contributed by atoms with Gasteiger partial charge in [0.25, 0.3) is 0 Å². The molecule has 1 aliphatic carbocycles. The summed E-state index contributed by atoms with van der Waals surface area (Å²) >= 11 is 0. The van der Waals surface area contributed by atoms with Gasteiger partial charge in [0, 0.05) is 0 Å². The van der Waals surface area contributed by atoms with Crippen molar-refractivity contribution in [2.45, 2.75) is 45.1 Å². The summed E-state index contributed by atoms with van der Waals surface area (Å²) in [5.41, 5.74) is 0. The lowest BCUT2D eigenvalue weighted by molar-refractivity contribution is -0.124. The van der Waals surface area contributed by atoms with Crippen molar-refractivity contribution in [3.63, 3.8) is 0 Å². The molecule has 102 valence electrons. The molecular formula is C13H22N2O3. The van der Waals surface area contributed by atoms with Crippen LogP contribution in [0.2, 0.25) is 0 Å². The zero-order valence-electron chi connectivity index (χ0n) is 10.9. The molecule has 5 heteroatoms. The maximum Gasteiger partial charge on any atom is 0.234 e. The van der Waals surface area contributed by atoms with Crippen LogP contribution >= 0.6 is 0 Å². The first-order valence-electron chi connectivity index (χ1n) is 6.58. The normalized spacial score (nSPS) is 18.1. The molecule has 1 aliphatic rings. The fourth-order valence-corrected chi connectivity index (χ4v) is 2.35. The molecule has 1 amide bonds. The predicted octanol–water partition coefficient (Wildman–Crippen LogP) is 0.429. The van der Waals surface area contributed by atoms with E-state index in [1.54, 1.807) is 0 Å². The molecule has 1 saturated carbocycles. The van der Waals surface area contributed by atoms with Gasteiger partial charge < -0.3 is 15.4 Å². The van der Waals surface area contributed by atoms with Gasteiger partial charge in [0.05, 0.1) is 19.1 Å². The van der Waals surface area contributed by atoms with Crippen molar-refractivity contribution in [1.82, 2.24) is 10.6 Å². The number of rotatable bonds is 7. The van der Waals surface area contributed by atoms with Crippen molar-refractivity contribution in [1.29, 1.82) is 0 Å². The van der Waals surface area contributed by atoms with Gasteiger partial charge in [-0.05, 0) is 25.7 Å². The summed E-state index contributed by atoms with van der Waals surface area (Å²) in [6.45, 7) is 1.72. The summed E-state index contributed by atoms with van der Waals surface area (Å²) in [4.78, 5) is 33.3. The van der Waals surface area contributed by atoms with Crippen LogP contribution in [0, 0.1) is 5.92 Å². The van der Waals surface area contributed by atoms with Crippen LogP contribution in [0.3, 0.4) is 0 Å². The molecule has 0 spiro atoms. The maximum absolute atomic E-state index is 11.6. The highest BCUT2D eigenvalue weighted by Crippen LogP contribution is 2.25. The van der Waals surface area contributed by atoms with E-state index in [1.807, 2.05) is 0 Å². The molecule has 0 bridgehead atoms. The van der Waals surface area contributed by atoms with Crippen LogP contribution in [-0.2, 0) is 14.4 Å². The van der Waals surface area contributed by atoms with E-state index in [0.29, 0.717) is 0 Å². The highest BCUT2D eigenvalue weighted by molar-refractivity contribution is 5.82. The summed E-state index contributed by atoms with van der Waals surface area (Å²) in [5.74, 6) is 0.0361. The lowest BCUT2D eigenvalue weighted by Crippen LogP contribution is -2.46. The van der Waals surface area contributed by atoms with E-state index in [0.717, 1.165) is 32.0 Å². The summed E-state index contributed by atoms with van der Waals surface area (Å²) in [6, 6.07) is -0.378. The molecule has 0 aromatic rings. The highest BCUT2D eigenvalue weighted by atomic mass is 16.2. The van der Waals surface area contributed by atoms with E-state index in [4.69, 9.17) is 0 Å². The molecule has 1 rings (SSSR count). The van der Waals surface area contributed by atoms with E-state index in [9.17, 15) is 14.4 Å². The predicted molar refractivity (Wildman–Crippen MR) is 68.1 cm³/mol. The van der Waals surface area contributed by atoms with Gasteiger partial charge in [0.15, 0.2) is 0 Å². The van der Waals surface area contributed by atoms with Crippen LogP contribution < -0.4 is 10.6 Å². The van der Waals surface area contributed by atoms with E-state index in [2.05, 4.69) is 10.6 Å². The number of hydrogen-bond acceptors (Lipinski definition) is 4. The third-order valence-corrected chi connectivity index (χ3v) is 3.29. The smallest absolute Gasteiger partial charge is 0.234 e. The van der Waals surface area contributed by atoms with Crippen molar-refractivity contribution in [2.24, 2.45) is 5.92 Å². The van der Waals surface area contributed by atoms with Crippen molar-refractivity contribution >= 4 is 18.0 Å². The number of ketones is 1. The maximum atomic E-state index is 11.6. The number of nitrogens with one attached hydrogen (secondary N) is 2. The summed E-state index contributed by atoms with van der Waals surface area (Å²) < 4.78 is 0. The Morgan fingerprint density at radius 3 is 2.44 bits per heavy atom. The topological polar surface area (TPSA) is 75.3 Å². The Kier molecular flexibility index (Phi) is 6.57. The number of hydrogen-bond donors (Lipinski definition) is 2. The Morgan fingerprint density at radius 2 is 1.89 bits per heavy atom. The highest BCUT2D eigenvalue weighted by Gasteiger charge is 2.24. The van der Waals surface area contributed by atoms with Gasteiger partial charge in [-0.15, -0.1) is 0 Å². The average molecular weight is 254 g/mol. The zero-order chi connectivity index (χ0) is 13.4. The molecule has 1 atom stereocenters. The molecule has 18 heavy (non-hydrogen) atoms. The molecule has 0 radical (unpaired) electrons. The van der Waals surface area contributed by atoms with Crippen molar-refractivity contribution in [2.75, 3.05) is 13.1 Å². The SMILES string of the molecule is CC(=O)CNCC(=O)N[C@H](C=O)C1CCCCC1. The third-order valence-electron chi connectivity index (χ3n) is 3.29. The first-order chi connectivity index (χ1) is 8.63. The minimum atomic E-state index is -0.378. The molecule has 2 N–H and O–H groups in total. The monoisotopic (exact) mass is 254 g/mol. The van der Waals surface area contributed by atoms with Crippen molar-refractivity contribution in [3.05, 3.63) is 0 Å². The second-order valence-corrected chi connectivity index (χ2v) is 4.93. The first-order valence-corrected chi connectivity index (χ1v) is 6.58. The van der Waals surface area contributed by atoms with Crippen LogP contribution in [0.25, 0.3) is 0 Å². The molecular weight excluding hydrogens is 232 g/mol. The van der Waals surface area contributed by atoms with Gasteiger partial charge in [-0.3, -0.25) is 9.59 Å². The number of carbonyl (C=O) groups excluding carboxylic acids is 3.